The molecule has 0 amide bonds. The number of hydrogen-bond donors (Lipinski definition) is 3. The molecule has 0 saturated carbocycles. The first kappa shape index (κ1) is 23.1. The summed E-state index contributed by atoms with van der Waals surface area (Å²) in [5.74, 6) is 3.35. The second kappa shape index (κ2) is 10.6. The fraction of sp³-hybridized carbons (Fsp3) is 0.273. The molecule has 0 radical (unpaired) electrons. The molecule has 0 aliphatic rings. The molecule has 0 unspecified atom stereocenters. The predicted molar refractivity (Wildman–Crippen MR) is 126 cm³/mol. The summed E-state index contributed by atoms with van der Waals surface area (Å²) in [4.78, 5) is 8.49. The van der Waals surface area contributed by atoms with Gasteiger partial charge in [-0.25, -0.2) is 9.97 Å². The zero-order valence-electron chi connectivity index (χ0n) is 18.4. The first-order valence-corrected chi connectivity index (χ1v) is 10.1. The number of nitrogens with two attached hydrogens (primary N) is 1. The molecule has 170 valence electrons. The molecule has 9 nitrogen and oxygen atoms in total. The van der Waals surface area contributed by atoms with Crippen LogP contribution in [-0.4, -0.2) is 45.0 Å². The van der Waals surface area contributed by atoms with Crippen molar-refractivity contribution in [3.8, 4) is 23.0 Å². The number of aromatic nitrogens is 2. The molecule has 0 bridgehead atoms. The third-order valence-electron chi connectivity index (χ3n) is 4.76. The lowest BCUT2D eigenvalue weighted by Gasteiger charge is -2.16. The maximum absolute atomic E-state index is 6.29. The lowest BCUT2D eigenvalue weighted by atomic mass is 10.1. The van der Waals surface area contributed by atoms with Crippen molar-refractivity contribution in [1.82, 2.24) is 9.97 Å². The van der Waals surface area contributed by atoms with Crippen LogP contribution in [0.15, 0.2) is 36.7 Å². The van der Waals surface area contributed by atoms with E-state index in [-0.39, 0.29) is 0 Å². The van der Waals surface area contributed by atoms with Crippen molar-refractivity contribution in [1.29, 1.82) is 0 Å². The van der Waals surface area contributed by atoms with E-state index in [9.17, 15) is 0 Å². The van der Waals surface area contributed by atoms with E-state index in [2.05, 4.69) is 20.6 Å². The van der Waals surface area contributed by atoms with Crippen molar-refractivity contribution in [3.05, 3.63) is 47.2 Å². The third-order valence-corrected chi connectivity index (χ3v) is 5.06. The molecule has 1 heterocycles. The Balaban J connectivity index is 1.72. The van der Waals surface area contributed by atoms with E-state index in [1.807, 2.05) is 18.2 Å². The highest BCUT2D eigenvalue weighted by atomic mass is 35.5. The average molecular weight is 460 g/mol. The van der Waals surface area contributed by atoms with E-state index >= 15 is 0 Å². The summed E-state index contributed by atoms with van der Waals surface area (Å²) in [6, 6.07) is 9.17. The highest BCUT2D eigenvalue weighted by Gasteiger charge is 2.14. The summed E-state index contributed by atoms with van der Waals surface area (Å²) in [5, 5.41) is 6.82. The van der Waals surface area contributed by atoms with Crippen molar-refractivity contribution in [3.63, 3.8) is 0 Å². The van der Waals surface area contributed by atoms with Gasteiger partial charge >= 0.3 is 0 Å². The van der Waals surface area contributed by atoms with Crippen molar-refractivity contribution in [2.75, 3.05) is 51.4 Å². The fourth-order valence-corrected chi connectivity index (χ4v) is 3.32. The maximum Gasteiger partial charge on any atom is 0.160 e. The summed E-state index contributed by atoms with van der Waals surface area (Å²) in [6.07, 6.45) is 2.16. The van der Waals surface area contributed by atoms with Gasteiger partial charge < -0.3 is 35.3 Å². The zero-order chi connectivity index (χ0) is 23.1. The van der Waals surface area contributed by atoms with Crippen LogP contribution in [0.5, 0.6) is 23.0 Å². The molecule has 0 spiro atoms. The Kier molecular flexibility index (Phi) is 7.67. The molecule has 2 aromatic carbocycles. The van der Waals surface area contributed by atoms with Gasteiger partial charge in [0.2, 0.25) is 0 Å². The van der Waals surface area contributed by atoms with Gasteiger partial charge in [-0.15, -0.1) is 0 Å². The fourth-order valence-electron chi connectivity index (χ4n) is 3.08. The number of rotatable bonds is 10. The highest BCUT2D eigenvalue weighted by Crippen LogP contribution is 2.38. The Labute approximate surface area is 191 Å². The van der Waals surface area contributed by atoms with Crippen LogP contribution in [0.3, 0.4) is 0 Å². The van der Waals surface area contributed by atoms with Gasteiger partial charge in [-0.2, -0.15) is 0 Å². The van der Waals surface area contributed by atoms with Crippen molar-refractivity contribution in [2.24, 2.45) is 0 Å². The third kappa shape index (κ3) is 5.17. The van der Waals surface area contributed by atoms with E-state index in [0.29, 0.717) is 57.6 Å². The van der Waals surface area contributed by atoms with Crippen LogP contribution in [0.2, 0.25) is 5.02 Å². The second-order valence-electron chi connectivity index (χ2n) is 6.66. The number of benzene rings is 2. The molecule has 3 rings (SSSR count). The summed E-state index contributed by atoms with van der Waals surface area (Å²) >= 11 is 6.25. The van der Waals surface area contributed by atoms with Crippen LogP contribution in [0.4, 0.5) is 23.0 Å². The molecule has 3 aromatic rings. The van der Waals surface area contributed by atoms with Crippen LogP contribution in [0.25, 0.3) is 0 Å². The first-order chi connectivity index (χ1) is 15.5. The Morgan fingerprint density at radius 1 is 0.844 bits per heavy atom. The molecule has 0 aliphatic heterocycles. The van der Waals surface area contributed by atoms with Crippen LogP contribution in [-0.2, 0) is 6.42 Å². The molecule has 0 atom stereocenters. The second-order valence-corrected chi connectivity index (χ2v) is 7.07. The quantitative estimate of drug-likeness (QED) is 0.411. The number of halogens is 1. The monoisotopic (exact) mass is 459 g/mol. The smallest absolute Gasteiger partial charge is 0.160 e. The molecule has 32 heavy (non-hydrogen) atoms. The maximum atomic E-state index is 6.29. The molecular formula is C22H26ClN5O4. The Hall–Kier alpha value is -3.59. The number of methoxy groups -OCH3 is 4. The van der Waals surface area contributed by atoms with Crippen LogP contribution < -0.4 is 35.3 Å². The van der Waals surface area contributed by atoms with Gasteiger partial charge in [-0.1, -0.05) is 17.7 Å². The van der Waals surface area contributed by atoms with Crippen LogP contribution in [0, 0.1) is 0 Å². The first-order valence-electron chi connectivity index (χ1n) is 9.74. The number of ether oxygens (including phenoxy) is 4. The summed E-state index contributed by atoms with van der Waals surface area (Å²) < 4.78 is 21.3. The highest BCUT2D eigenvalue weighted by molar-refractivity contribution is 6.32. The van der Waals surface area contributed by atoms with Crippen molar-refractivity contribution < 1.29 is 18.9 Å². The minimum Gasteiger partial charge on any atom is -0.495 e. The number of nitrogens with one attached hydrogen (secondary N) is 2. The minimum atomic E-state index is 0.369. The molecule has 1 aromatic heterocycles. The topological polar surface area (TPSA) is 113 Å². The van der Waals surface area contributed by atoms with Gasteiger partial charge in [0, 0.05) is 12.6 Å². The van der Waals surface area contributed by atoms with Gasteiger partial charge in [-0.05, 0) is 30.2 Å². The summed E-state index contributed by atoms with van der Waals surface area (Å²) in [7, 11) is 6.31. The molecule has 10 heteroatoms. The Bertz CT molecular complexity index is 1080. The van der Waals surface area contributed by atoms with E-state index in [4.69, 9.17) is 36.3 Å². The van der Waals surface area contributed by atoms with Crippen LogP contribution in [0.1, 0.15) is 5.56 Å². The molecule has 0 saturated heterocycles. The Morgan fingerprint density at radius 3 is 2.22 bits per heavy atom. The van der Waals surface area contributed by atoms with Crippen molar-refractivity contribution in [2.45, 2.75) is 6.42 Å². The van der Waals surface area contributed by atoms with Gasteiger partial charge in [0.25, 0.3) is 0 Å². The predicted octanol–water partition coefficient (Wildman–Crippen LogP) is 4.14. The molecule has 0 aliphatic carbocycles. The largest absolute Gasteiger partial charge is 0.495 e. The number of nitrogens with zero attached hydrogens (tertiary/aromatic N) is 2. The molecular weight excluding hydrogens is 434 g/mol. The molecule has 4 N–H and O–H groups in total. The number of nitrogen functional groups attached to an aromatic ring is 1. The van der Waals surface area contributed by atoms with Gasteiger partial charge in [0.1, 0.15) is 23.5 Å². The van der Waals surface area contributed by atoms with E-state index in [0.717, 1.165) is 12.0 Å². The lowest BCUT2D eigenvalue weighted by Crippen LogP contribution is -2.11. The standard InChI is InChI=1S/C22H26ClN5O4/c1-29-16-6-5-13(9-19(16)32-4)7-8-25-21-20(24)22(27-12-26-21)28-15-10-14(23)17(30-2)11-18(15)31-3/h5-6,9-12H,7-8,24H2,1-4H3,(H2,25,26,27,28). The number of hydrogen-bond acceptors (Lipinski definition) is 9. The van der Waals surface area contributed by atoms with E-state index < -0.39 is 0 Å². The number of anilines is 4. The summed E-state index contributed by atoms with van der Waals surface area (Å²) in [6.45, 7) is 0.605. The van der Waals surface area contributed by atoms with Gasteiger partial charge in [0.15, 0.2) is 23.1 Å². The normalized spacial score (nSPS) is 10.4. The van der Waals surface area contributed by atoms with E-state index in [1.165, 1.54) is 13.4 Å². The lowest BCUT2D eigenvalue weighted by molar-refractivity contribution is 0.354. The Morgan fingerprint density at radius 2 is 1.53 bits per heavy atom. The molecule has 0 fully saturated rings. The van der Waals surface area contributed by atoms with Crippen molar-refractivity contribution >= 4 is 34.6 Å². The zero-order valence-corrected chi connectivity index (χ0v) is 19.1. The minimum absolute atomic E-state index is 0.369. The van der Waals surface area contributed by atoms with Gasteiger partial charge in [-0.3, -0.25) is 0 Å². The van der Waals surface area contributed by atoms with Gasteiger partial charge in [0.05, 0.1) is 39.1 Å². The van der Waals surface area contributed by atoms with Crippen LogP contribution >= 0.6 is 11.6 Å². The summed E-state index contributed by atoms with van der Waals surface area (Å²) in [5.41, 5.74) is 8.34. The average Bonchev–Trinajstić information content (AvgIpc) is 2.81. The van der Waals surface area contributed by atoms with E-state index in [1.54, 1.807) is 33.5 Å². The SMILES string of the molecule is COc1cc(OC)c(Nc2ncnc(NCCc3ccc(OC)c(OC)c3)c2N)cc1Cl.